The van der Waals surface area contributed by atoms with Crippen LogP contribution in [0.25, 0.3) is 56.7 Å². The van der Waals surface area contributed by atoms with E-state index in [1.165, 1.54) is 0 Å². The summed E-state index contributed by atoms with van der Waals surface area (Å²) in [6.07, 6.45) is 3.49. The number of benzene rings is 1. The van der Waals surface area contributed by atoms with E-state index in [2.05, 4.69) is 15.1 Å². The molecule has 0 saturated carbocycles. The van der Waals surface area contributed by atoms with Gasteiger partial charge in [0.05, 0.1) is 52.0 Å². The van der Waals surface area contributed by atoms with E-state index in [4.69, 9.17) is 19.8 Å². The van der Waals surface area contributed by atoms with Crippen LogP contribution >= 0.6 is 0 Å². The quantitative estimate of drug-likeness (QED) is 0.238. The van der Waals surface area contributed by atoms with E-state index in [1.54, 1.807) is 31.5 Å². The summed E-state index contributed by atoms with van der Waals surface area (Å²) in [4.78, 5) is 31.0. The van der Waals surface area contributed by atoms with Gasteiger partial charge in [0.15, 0.2) is 0 Å². The number of nitrogens with one attached hydrogen (secondary N) is 1. The smallest absolute Gasteiger partial charge is 0.338 e. The monoisotopic (exact) mass is 524 g/mol. The lowest BCUT2D eigenvalue weighted by atomic mass is 9.98. The molecule has 0 unspecified atom stereocenters. The summed E-state index contributed by atoms with van der Waals surface area (Å²) in [5, 5.41) is 7.91. The Morgan fingerprint density at radius 3 is 1.85 bits per heavy atom. The fourth-order valence-corrected chi connectivity index (χ4v) is 4.44. The van der Waals surface area contributed by atoms with Crippen LogP contribution in [0.1, 0.15) is 17.3 Å². The Hall–Kier alpha value is -5.50. The molecule has 0 amide bonds. The first kappa shape index (κ1) is 24.8. The van der Waals surface area contributed by atoms with Crippen molar-refractivity contribution in [2.45, 2.75) is 6.92 Å². The number of aromatic nitrogens is 6. The lowest BCUT2D eigenvalue weighted by Gasteiger charge is -2.09. The zero-order valence-corrected chi connectivity index (χ0v) is 21.7. The van der Waals surface area contributed by atoms with Gasteiger partial charge in [0.2, 0.25) is 0 Å². The maximum Gasteiger partial charge on any atom is 0.338 e. The lowest BCUT2D eigenvalue weighted by molar-refractivity contribution is 0.0526. The van der Waals surface area contributed by atoms with Gasteiger partial charge in [-0.25, -0.2) is 14.8 Å². The molecule has 0 aliphatic heterocycles. The third-order valence-electron chi connectivity index (χ3n) is 6.30. The molecular weight excluding hydrogens is 500 g/mol. The molecule has 0 saturated heterocycles. The number of rotatable bonds is 7. The number of esters is 1. The van der Waals surface area contributed by atoms with E-state index in [1.807, 2.05) is 84.9 Å². The minimum Gasteiger partial charge on any atom is -0.462 e. The van der Waals surface area contributed by atoms with Crippen molar-refractivity contribution in [3.63, 3.8) is 0 Å². The van der Waals surface area contributed by atoms with Crippen molar-refractivity contribution in [2.24, 2.45) is 0 Å². The Balaban J connectivity index is 1.49. The van der Waals surface area contributed by atoms with E-state index in [-0.39, 0.29) is 5.97 Å². The molecule has 5 aromatic heterocycles. The van der Waals surface area contributed by atoms with Crippen molar-refractivity contribution >= 4 is 5.97 Å². The zero-order chi connectivity index (χ0) is 27.3. The largest absolute Gasteiger partial charge is 0.462 e. The van der Waals surface area contributed by atoms with Gasteiger partial charge in [-0.2, -0.15) is 5.10 Å². The number of hydrogen-bond acceptors (Lipinski definition) is 7. The molecule has 0 radical (unpaired) electrons. The Morgan fingerprint density at radius 1 is 0.675 bits per heavy atom. The molecule has 0 spiro atoms. The summed E-state index contributed by atoms with van der Waals surface area (Å²) in [6, 6.07) is 30.3. The molecule has 8 nitrogen and oxygen atoms in total. The van der Waals surface area contributed by atoms with Gasteiger partial charge in [-0.15, -0.1) is 0 Å². The lowest BCUT2D eigenvalue weighted by Crippen LogP contribution is -2.04. The van der Waals surface area contributed by atoms with E-state index >= 15 is 0 Å². The molecule has 0 aliphatic rings. The third-order valence-corrected chi connectivity index (χ3v) is 6.30. The van der Waals surface area contributed by atoms with Crippen molar-refractivity contribution in [1.82, 2.24) is 30.1 Å². The van der Waals surface area contributed by atoms with Crippen molar-refractivity contribution in [3.8, 4) is 56.7 Å². The highest BCUT2D eigenvalue weighted by Gasteiger charge is 2.21. The molecule has 5 heterocycles. The minimum absolute atomic E-state index is 0.313. The number of nitrogens with zero attached hydrogens (tertiary/aromatic N) is 5. The molecular formula is C32H24N6O2. The summed E-state index contributed by atoms with van der Waals surface area (Å²) in [6.45, 7) is 2.10. The van der Waals surface area contributed by atoms with E-state index in [9.17, 15) is 4.79 Å². The first-order valence-electron chi connectivity index (χ1n) is 12.8. The second-order valence-corrected chi connectivity index (χ2v) is 8.87. The van der Waals surface area contributed by atoms with Gasteiger partial charge in [-0.3, -0.25) is 15.1 Å². The first-order valence-corrected chi connectivity index (χ1v) is 12.8. The Kier molecular flexibility index (Phi) is 6.88. The highest BCUT2D eigenvalue weighted by Crippen LogP contribution is 2.38. The van der Waals surface area contributed by atoms with Crippen molar-refractivity contribution < 1.29 is 9.53 Å². The van der Waals surface area contributed by atoms with Gasteiger partial charge in [0.25, 0.3) is 0 Å². The maximum atomic E-state index is 12.3. The number of carbonyl (C=O) groups excluding carboxylic acids is 1. The number of H-pyrrole nitrogens is 1. The van der Waals surface area contributed by atoms with Gasteiger partial charge >= 0.3 is 5.97 Å². The van der Waals surface area contributed by atoms with Crippen LogP contribution in [0.3, 0.4) is 0 Å². The average molecular weight is 525 g/mol. The minimum atomic E-state index is -0.365. The number of ether oxygens (including phenoxy) is 1. The van der Waals surface area contributed by atoms with Crippen molar-refractivity contribution in [1.29, 1.82) is 0 Å². The molecule has 0 fully saturated rings. The van der Waals surface area contributed by atoms with Crippen LogP contribution < -0.4 is 0 Å². The summed E-state index contributed by atoms with van der Waals surface area (Å²) in [7, 11) is 0. The van der Waals surface area contributed by atoms with Crippen molar-refractivity contribution in [2.75, 3.05) is 6.61 Å². The van der Waals surface area contributed by atoms with Crippen molar-refractivity contribution in [3.05, 3.63) is 115 Å². The normalized spacial score (nSPS) is 10.8. The molecule has 0 aliphatic carbocycles. The predicted molar refractivity (Wildman–Crippen MR) is 153 cm³/mol. The van der Waals surface area contributed by atoms with Crippen LogP contribution in [-0.4, -0.2) is 42.7 Å². The molecule has 6 rings (SSSR count). The molecule has 0 atom stereocenters. The number of aromatic amines is 1. The SMILES string of the molecule is CCOC(=O)c1ccc(-c2c(-c3cccc(-c4ccccn4)n3)n[nH]c2-c2cccc(-c3ccccn3)n2)cc1. The van der Waals surface area contributed by atoms with Gasteiger partial charge in [0, 0.05) is 18.0 Å². The Bertz CT molecular complexity index is 1670. The molecule has 1 aromatic carbocycles. The highest BCUT2D eigenvalue weighted by molar-refractivity contribution is 5.93. The first-order chi connectivity index (χ1) is 19.7. The van der Waals surface area contributed by atoms with Crippen LogP contribution in [0.2, 0.25) is 0 Å². The molecule has 6 aromatic rings. The summed E-state index contributed by atoms with van der Waals surface area (Å²) in [5.74, 6) is -0.365. The van der Waals surface area contributed by atoms with Crippen LogP contribution in [0.4, 0.5) is 0 Å². The molecule has 0 bridgehead atoms. The standard InChI is InChI=1S/C32H24N6O2/c1-2-40-32(39)22-17-15-21(16-18-22)29-30(27-13-7-11-25(35-27)23-9-3-5-19-33-23)37-38-31(29)28-14-8-12-26(36-28)24-10-4-6-20-34-24/h3-20H,2H2,1H3,(H,37,38). The van der Waals surface area contributed by atoms with Gasteiger partial charge < -0.3 is 4.74 Å². The van der Waals surface area contributed by atoms with Gasteiger partial charge in [-0.1, -0.05) is 36.4 Å². The van der Waals surface area contributed by atoms with E-state index in [0.29, 0.717) is 29.3 Å². The molecule has 8 heteroatoms. The summed E-state index contributed by atoms with van der Waals surface area (Å²) >= 11 is 0. The second-order valence-electron chi connectivity index (χ2n) is 8.87. The van der Waals surface area contributed by atoms with Crippen LogP contribution in [-0.2, 0) is 4.74 Å². The maximum absolute atomic E-state index is 12.3. The summed E-state index contributed by atoms with van der Waals surface area (Å²) < 4.78 is 5.17. The van der Waals surface area contributed by atoms with Gasteiger partial charge in [-0.05, 0) is 73.2 Å². The van der Waals surface area contributed by atoms with Crippen LogP contribution in [0, 0.1) is 0 Å². The second kappa shape index (κ2) is 11.1. The van der Waals surface area contributed by atoms with Gasteiger partial charge in [0.1, 0.15) is 5.69 Å². The number of hydrogen-bond donors (Lipinski definition) is 1. The fourth-order valence-electron chi connectivity index (χ4n) is 4.44. The average Bonchev–Trinajstić information content (AvgIpc) is 3.48. The molecule has 40 heavy (non-hydrogen) atoms. The fraction of sp³-hybridized carbons (Fsp3) is 0.0625. The van der Waals surface area contributed by atoms with Crippen LogP contribution in [0.15, 0.2) is 109 Å². The highest BCUT2D eigenvalue weighted by atomic mass is 16.5. The number of carbonyl (C=O) groups is 1. The third kappa shape index (κ3) is 4.98. The summed E-state index contributed by atoms with van der Waals surface area (Å²) in [5.41, 5.74) is 7.91. The Labute approximate surface area is 230 Å². The van der Waals surface area contributed by atoms with E-state index < -0.39 is 0 Å². The Morgan fingerprint density at radius 2 is 1.25 bits per heavy atom. The van der Waals surface area contributed by atoms with E-state index in [0.717, 1.165) is 39.6 Å². The predicted octanol–water partition coefficient (Wildman–Crippen LogP) is 6.50. The molecule has 194 valence electrons. The number of pyridine rings is 4. The topological polar surface area (TPSA) is 107 Å². The van der Waals surface area contributed by atoms with Crippen LogP contribution in [0.5, 0.6) is 0 Å². The zero-order valence-electron chi connectivity index (χ0n) is 21.7. The molecule has 1 N–H and O–H groups in total.